The summed E-state index contributed by atoms with van der Waals surface area (Å²) in [5.74, 6) is 0.857. The number of nitrogens with two attached hydrogens (primary N) is 1. The SMILES string of the molecule is CCC(CC)CNC(=O)C(N)C1CCOCC1.Cl. The number of nitrogens with one attached hydrogen (secondary N) is 1. The average Bonchev–Trinajstić information content (AvgIpc) is 2.39. The molecule has 1 amide bonds. The number of amides is 1. The van der Waals surface area contributed by atoms with Crippen molar-refractivity contribution >= 4 is 18.3 Å². The van der Waals surface area contributed by atoms with E-state index in [4.69, 9.17) is 10.5 Å². The van der Waals surface area contributed by atoms with Gasteiger partial charge in [-0.25, -0.2) is 0 Å². The molecule has 1 heterocycles. The van der Waals surface area contributed by atoms with Crippen LogP contribution in [0.2, 0.25) is 0 Å². The third-order valence-corrected chi connectivity index (χ3v) is 3.80. The third-order valence-electron chi connectivity index (χ3n) is 3.80. The van der Waals surface area contributed by atoms with Gasteiger partial charge in [0.1, 0.15) is 0 Å². The van der Waals surface area contributed by atoms with Crippen LogP contribution < -0.4 is 11.1 Å². The van der Waals surface area contributed by atoms with Gasteiger partial charge in [-0.15, -0.1) is 12.4 Å². The second-order valence-corrected chi connectivity index (χ2v) is 4.90. The van der Waals surface area contributed by atoms with Crippen LogP contribution in [0.3, 0.4) is 0 Å². The number of carbonyl (C=O) groups excluding carboxylic acids is 1. The summed E-state index contributed by atoms with van der Waals surface area (Å²) in [5.41, 5.74) is 5.99. The summed E-state index contributed by atoms with van der Waals surface area (Å²) >= 11 is 0. The summed E-state index contributed by atoms with van der Waals surface area (Å²) in [6.07, 6.45) is 4.01. The van der Waals surface area contributed by atoms with Gasteiger partial charge < -0.3 is 15.8 Å². The molecule has 0 radical (unpaired) electrons. The van der Waals surface area contributed by atoms with Crippen LogP contribution >= 0.6 is 12.4 Å². The fourth-order valence-electron chi connectivity index (χ4n) is 2.23. The van der Waals surface area contributed by atoms with E-state index in [2.05, 4.69) is 19.2 Å². The number of rotatable bonds is 6. The smallest absolute Gasteiger partial charge is 0.237 e. The highest BCUT2D eigenvalue weighted by molar-refractivity contribution is 5.85. The molecule has 3 N–H and O–H groups in total. The number of carbonyl (C=O) groups is 1. The van der Waals surface area contributed by atoms with Crippen molar-refractivity contribution in [2.45, 2.75) is 45.6 Å². The number of hydrogen-bond donors (Lipinski definition) is 2. The minimum atomic E-state index is -0.367. The van der Waals surface area contributed by atoms with Crippen molar-refractivity contribution < 1.29 is 9.53 Å². The Kier molecular flexibility index (Phi) is 9.42. The molecule has 1 atom stereocenters. The largest absolute Gasteiger partial charge is 0.381 e. The Hall–Kier alpha value is -0.320. The van der Waals surface area contributed by atoms with E-state index < -0.39 is 0 Å². The average molecular weight is 279 g/mol. The molecule has 1 rings (SSSR count). The molecular weight excluding hydrogens is 252 g/mol. The number of hydrogen-bond acceptors (Lipinski definition) is 3. The fraction of sp³-hybridized carbons (Fsp3) is 0.923. The van der Waals surface area contributed by atoms with Gasteiger partial charge in [-0.1, -0.05) is 26.7 Å². The van der Waals surface area contributed by atoms with Crippen LogP contribution in [-0.4, -0.2) is 31.7 Å². The van der Waals surface area contributed by atoms with E-state index in [-0.39, 0.29) is 30.3 Å². The molecule has 1 aliphatic heterocycles. The highest BCUT2D eigenvalue weighted by Gasteiger charge is 2.26. The van der Waals surface area contributed by atoms with Crippen LogP contribution in [0.4, 0.5) is 0 Å². The molecule has 0 aromatic carbocycles. The zero-order valence-corrected chi connectivity index (χ0v) is 12.3. The van der Waals surface area contributed by atoms with E-state index in [0.29, 0.717) is 5.92 Å². The highest BCUT2D eigenvalue weighted by atomic mass is 35.5. The molecule has 1 fully saturated rings. The molecule has 5 heteroatoms. The maximum atomic E-state index is 11.9. The van der Waals surface area contributed by atoms with Crippen LogP contribution in [0.15, 0.2) is 0 Å². The molecule has 0 saturated carbocycles. The number of ether oxygens (including phenoxy) is 1. The molecule has 0 aliphatic carbocycles. The molecule has 1 aliphatic rings. The summed E-state index contributed by atoms with van der Waals surface area (Å²) in [6, 6.07) is -0.367. The topological polar surface area (TPSA) is 64.4 Å². The first kappa shape index (κ1) is 17.7. The molecule has 0 aromatic heterocycles. The van der Waals surface area contributed by atoms with Gasteiger partial charge in [0.15, 0.2) is 0 Å². The van der Waals surface area contributed by atoms with Crippen LogP contribution in [0.1, 0.15) is 39.5 Å². The van der Waals surface area contributed by atoms with Crippen molar-refractivity contribution in [3.8, 4) is 0 Å². The quantitative estimate of drug-likeness (QED) is 0.777. The van der Waals surface area contributed by atoms with Crippen molar-refractivity contribution in [2.75, 3.05) is 19.8 Å². The first-order chi connectivity index (χ1) is 8.19. The van der Waals surface area contributed by atoms with Gasteiger partial charge >= 0.3 is 0 Å². The highest BCUT2D eigenvalue weighted by Crippen LogP contribution is 2.17. The molecule has 0 aromatic rings. The van der Waals surface area contributed by atoms with Crippen LogP contribution in [0, 0.1) is 11.8 Å². The second kappa shape index (κ2) is 9.59. The Balaban J connectivity index is 0.00000289. The zero-order valence-electron chi connectivity index (χ0n) is 11.5. The van der Waals surface area contributed by atoms with Crippen LogP contribution in [-0.2, 0) is 9.53 Å². The van der Waals surface area contributed by atoms with Gasteiger partial charge in [-0.2, -0.15) is 0 Å². The van der Waals surface area contributed by atoms with Crippen LogP contribution in [0.25, 0.3) is 0 Å². The van der Waals surface area contributed by atoms with Gasteiger partial charge in [0.25, 0.3) is 0 Å². The molecule has 1 unspecified atom stereocenters. The molecule has 1 saturated heterocycles. The lowest BCUT2D eigenvalue weighted by molar-refractivity contribution is -0.124. The lowest BCUT2D eigenvalue weighted by Gasteiger charge is -2.27. The second-order valence-electron chi connectivity index (χ2n) is 4.90. The minimum absolute atomic E-state index is 0. The lowest BCUT2D eigenvalue weighted by Crippen LogP contribution is -2.48. The molecular formula is C13H27ClN2O2. The standard InChI is InChI=1S/C13H26N2O2.ClH/c1-3-10(4-2)9-15-13(16)12(14)11-5-7-17-8-6-11;/h10-12H,3-9,14H2,1-2H3,(H,15,16);1H. The van der Waals surface area contributed by atoms with Crippen molar-refractivity contribution in [1.29, 1.82) is 0 Å². The number of halogens is 1. The minimum Gasteiger partial charge on any atom is -0.381 e. The Morgan fingerprint density at radius 2 is 1.89 bits per heavy atom. The monoisotopic (exact) mass is 278 g/mol. The molecule has 0 spiro atoms. The van der Waals surface area contributed by atoms with E-state index in [9.17, 15) is 4.79 Å². The van der Waals surface area contributed by atoms with Gasteiger partial charge in [0.05, 0.1) is 6.04 Å². The normalized spacial score (nSPS) is 18.2. The molecule has 18 heavy (non-hydrogen) atoms. The van der Waals surface area contributed by atoms with Crippen LogP contribution in [0.5, 0.6) is 0 Å². The first-order valence-corrected chi connectivity index (χ1v) is 6.80. The Morgan fingerprint density at radius 1 is 1.33 bits per heavy atom. The molecule has 4 nitrogen and oxygen atoms in total. The van der Waals surface area contributed by atoms with E-state index in [1.165, 1.54) is 0 Å². The third kappa shape index (κ3) is 5.55. The van der Waals surface area contributed by atoms with Crippen molar-refractivity contribution in [3.63, 3.8) is 0 Å². The Bertz CT molecular complexity index is 229. The molecule has 0 bridgehead atoms. The Morgan fingerprint density at radius 3 is 2.39 bits per heavy atom. The molecule has 108 valence electrons. The fourth-order valence-corrected chi connectivity index (χ4v) is 2.23. The van der Waals surface area contributed by atoms with Crippen molar-refractivity contribution in [3.05, 3.63) is 0 Å². The summed E-state index contributed by atoms with van der Waals surface area (Å²) in [7, 11) is 0. The first-order valence-electron chi connectivity index (χ1n) is 6.80. The zero-order chi connectivity index (χ0) is 12.7. The van der Waals surface area contributed by atoms with Gasteiger partial charge in [-0.3, -0.25) is 4.79 Å². The van der Waals surface area contributed by atoms with E-state index in [1.807, 2.05) is 0 Å². The van der Waals surface area contributed by atoms with Crippen molar-refractivity contribution in [2.24, 2.45) is 17.6 Å². The van der Waals surface area contributed by atoms with E-state index >= 15 is 0 Å². The Labute approximate surface area is 116 Å². The lowest BCUT2D eigenvalue weighted by atomic mass is 9.91. The summed E-state index contributed by atoms with van der Waals surface area (Å²) in [6.45, 7) is 6.52. The maximum Gasteiger partial charge on any atom is 0.237 e. The summed E-state index contributed by atoms with van der Waals surface area (Å²) in [5, 5.41) is 2.98. The van der Waals surface area contributed by atoms with Gasteiger partial charge in [0.2, 0.25) is 5.91 Å². The van der Waals surface area contributed by atoms with E-state index in [0.717, 1.165) is 45.4 Å². The van der Waals surface area contributed by atoms with Gasteiger partial charge in [-0.05, 0) is 24.7 Å². The van der Waals surface area contributed by atoms with E-state index in [1.54, 1.807) is 0 Å². The summed E-state index contributed by atoms with van der Waals surface area (Å²) < 4.78 is 5.28. The predicted octanol–water partition coefficient (Wildman–Crippen LogP) is 1.71. The van der Waals surface area contributed by atoms with Gasteiger partial charge in [0, 0.05) is 19.8 Å². The summed E-state index contributed by atoms with van der Waals surface area (Å²) in [4.78, 5) is 11.9. The predicted molar refractivity (Wildman–Crippen MR) is 75.8 cm³/mol. The maximum absolute atomic E-state index is 11.9. The van der Waals surface area contributed by atoms with Crippen molar-refractivity contribution in [1.82, 2.24) is 5.32 Å².